The molecule has 0 saturated carbocycles. The quantitative estimate of drug-likeness (QED) is 0.479. The second-order valence-electron chi connectivity index (χ2n) is 3.66. The van der Waals surface area contributed by atoms with Crippen LogP contribution in [0.4, 0.5) is 0 Å². The first kappa shape index (κ1) is 13.8. The Labute approximate surface area is 108 Å². The molecule has 0 aliphatic carbocycles. The van der Waals surface area contributed by atoms with Crippen molar-refractivity contribution in [3.8, 4) is 0 Å². The zero-order valence-electron chi connectivity index (χ0n) is 10.3. The number of hydrogen-bond donors (Lipinski definition) is 2. The van der Waals surface area contributed by atoms with Crippen LogP contribution in [0.15, 0.2) is 23.3 Å². The summed E-state index contributed by atoms with van der Waals surface area (Å²) >= 11 is 5.72. The van der Waals surface area contributed by atoms with E-state index in [1.807, 2.05) is 6.07 Å². The number of aromatic nitrogens is 1. The number of nitrogens with zero attached hydrogens (tertiary/aromatic N) is 2. The van der Waals surface area contributed by atoms with Crippen molar-refractivity contribution in [1.82, 2.24) is 15.6 Å². The molecule has 0 aliphatic rings. The molecule has 5 heteroatoms. The van der Waals surface area contributed by atoms with Gasteiger partial charge in [0, 0.05) is 26.3 Å². The number of nitrogens with one attached hydrogen (secondary N) is 2. The topological polar surface area (TPSA) is 49.3 Å². The fourth-order valence-corrected chi connectivity index (χ4v) is 1.46. The maximum absolute atomic E-state index is 5.72. The Hall–Kier alpha value is -1.29. The number of aliphatic imine (C=N–C) groups is 1. The fourth-order valence-electron chi connectivity index (χ4n) is 1.34. The second kappa shape index (κ2) is 7.90. The molecule has 1 rings (SSSR count). The van der Waals surface area contributed by atoms with Gasteiger partial charge in [0.05, 0.1) is 0 Å². The van der Waals surface area contributed by atoms with E-state index in [-0.39, 0.29) is 0 Å². The standard InChI is InChI=1S/C12H19ClN4/c1-3-7-15-12(14-2)16-8-6-10-4-5-11(13)17-9-10/h4-5,9H,3,6-8H2,1-2H3,(H2,14,15,16). The number of pyridine rings is 1. The van der Waals surface area contributed by atoms with Crippen LogP contribution in [0.2, 0.25) is 5.15 Å². The van der Waals surface area contributed by atoms with Crippen LogP contribution in [0.25, 0.3) is 0 Å². The summed E-state index contributed by atoms with van der Waals surface area (Å²) in [6, 6.07) is 3.79. The van der Waals surface area contributed by atoms with E-state index in [4.69, 9.17) is 11.6 Å². The van der Waals surface area contributed by atoms with Gasteiger partial charge < -0.3 is 10.6 Å². The molecule has 4 nitrogen and oxygen atoms in total. The highest BCUT2D eigenvalue weighted by molar-refractivity contribution is 6.29. The van der Waals surface area contributed by atoms with Crippen LogP contribution in [0, 0.1) is 0 Å². The average molecular weight is 255 g/mol. The van der Waals surface area contributed by atoms with Crippen molar-refractivity contribution in [3.05, 3.63) is 29.0 Å². The Morgan fingerprint density at radius 3 is 2.71 bits per heavy atom. The Balaban J connectivity index is 2.29. The summed E-state index contributed by atoms with van der Waals surface area (Å²) < 4.78 is 0. The number of halogens is 1. The Kier molecular flexibility index (Phi) is 6.40. The van der Waals surface area contributed by atoms with Crippen molar-refractivity contribution in [3.63, 3.8) is 0 Å². The zero-order chi connectivity index (χ0) is 12.5. The van der Waals surface area contributed by atoms with E-state index in [1.165, 1.54) is 0 Å². The summed E-state index contributed by atoms with van der Waals surface area (Å²) in [5, 5.41) is 6.99. The molecule has 0 radical (unpaired) electrons. The highest BCUT2D eigenvalue weighted by Crippen LogP contribution is 2.05. The van der Waals surface area contributed by atoms with Gasteiger partial charge in [0.1, 0.15) is 5.15 Å². The Bertz CT molecular complexity index is 348. The smallest absolute Gasteiger partial charge is 0.190 e. The SMILES string of the molecule is CCCNC(=NC)NCCc1ccc(Cl)nc1. The summed E-state index contributed by atoms with van der Waals surface area (Å²) in [7, 11) is 1.77. The van der Waals surface area contributed by atoms with Crippen molar-refractivity contribution in [2.75, 3.05) is 20.1 Å². The van der Waals surface area contributed by atoms with Crippen LogP contribution in [-0.2, 0) is 6.42 Å². The molecule has 0 saturated heterocycles. The summed E-state index contributed by atoms with van der Waals surface area (Å²) in [6.45, 7) is 3.88. The van der Waals surface area contributed by atoms with Crippen LogP contribution in [0.1, 0.15) is 18.9 Å². The van der Waals surface area contributed by atoms with E-state index in [0.717, 1.165) is 37.5 Å². The molecular formula is C12H19ClN4. The summed E-state index contributed by atoms with van der Waals surface area (Å²) in [5.41, 5.74) is 1.16. The Morgan fingerprint density at radius 1 is 1.35 bits per heavy atom. The van der Waals surface area contributed by atoms with Gasteiger partial charge in [-0.25, -0.2) is 4.98 Å². The number of guanidine groups is 1. The van der Waals surface area contributed by atoms with Crippen LogP contribution in [0.3, 0.4) is 0 Å². The second-order valence-corrected chi connectivity index (χ2v) is 4.05. The molecule has 0 aliphatic heterocycles. The molecule has 0 spiro atoms. The van der Waals surface area contributed by atoms with E-state index in [9.17, 15) is 0 Å². The van der Waals surface area contributed by atoms with Crippen molar-refractivity contribution in [1.29, 1.82) is 0 Å². The minimum absolute atomic E-state index is 0.530. The molecule has 1 heterocycles. The third-order valence-corrected chi connectivity index (χ3v) is 2.48. The molecule has 2 N–H and O–H groups in total. The van der Waals surface area contributed by atoms with Crippen molar-refractivity contribution < 1.29 is 0 Å². The van der Waals surface area contributed by atoms with Gasteiger partial charge in [-0.1, -0.05) is 24.6 Å². The van der Waals surface area contributed by atoms with Gasteiger partial charge in [0.2, 0.25) is 0 Å². The van der Waals surface area contributed by atoms with Gasteiger partial charge in [0.25, 0.3) is 0 Å². The van der Waals surface area contributed by atoms with E-state index in [1.54, 1.807) is 19.3 Å². The predicted octanol–water partition coefficient (Wildman–Crippen LogP) is 1.85. The lowest BCUT2D eigenvalue weighted by Gasteiger charge is -2.10. The van der Waals surface area contributed by atoms with Gasteiger partial charge >= 0.3 is 0 Å². The van der Waals surface area contributed by atoms with Crippen LogP contribution < -0.4 is 10.6 Å². The van der Waals surface area contributed by atoms with E-state index >= 15 is 0 Å². The minimum atomic E-state index is 0.530. The van der Waals surface area contributed by atoms with E-state index < -0.39 is 0 Å². The molecule has 1 aromatic heterocycles. The van der Waals surface area contributed by atoms with Gasteiger partial charge in [-0.3, -0.25) is 4.99 Å². The van der Waals surface area contributed by atoms with Gasteiger partial charge in [0.15, 0.2) is 5.96 Å². The molecule has 94 valence electrons. The predicted molar refractivity (Wildman–Crippen MR) is 72.6 cm³/mol. The molecule has 17 heavy (non-hydrogen) atoms. The lowest BCUT2D eigenvalue weighted by molar-refractivity contribution is 0.772. The normalized spacial score (nSPS) is 11.4. The van der Waals surface area contributed by atoms with E-state index in [2.05, 4.69) is 27.5 Å². The lowest BCUT2D eigenvalue weighted by Crippen LogP contribution is -2.38. The lowest BCUT2D eigenvalue weighted by atomic mass is 10.2. The Morgan fingerprint density at radius 2 is 2.12 bits per heavy atom. The maximum atomic E-state index is 5.72. The third kappa shape index (κ3) is 5.54. The molecule has 0 unspecified atom stereocenters. The molecular weight excluding hydrogens is 236 g/mol. The zero-order valence-corrected chi connectivity index (χ0v) is 11.1. The molecule has 0 bridgehead atoms. The van der Waals surface area contributed by atoms with Gasteiger partial charge in [-0.15, -0.1) is 0 Å². The average Bonchev–Trinajstić information content (AvgIpc) is 2.36. The minimum Gasteiger partial charge on any atom is -0.356 e. The maximum Gasteiger partial charge on any atom is 0.190 e. The number of rotatable bonds is 5. The van der Waals surface area contributed by atoms with E-state index in [0.29, 0.717) is 5.15 Å². The first-order valence-electron chi connectivity index (χ1n) is 5.81. The van der Waals surface area contributed by atoms with Gasteiger partial charge in [-0.05, 0) is 24.5 Å². The molecule has 0 aromatic carbocycles. The summed E-state index contributed by atoms with van der Waals surface area (Å²) in [4.78, 5) is 8.17. The van der Waals surface area contributed by atoms with Crippen LogP contribution >= 0.6 is 11.6 Å². The van der Waals surface area contributed by atoms with Crippen molar-refractivity contribution >= 4 is 17.6 Å². The fraction of sp³-hybridized carbons (Fsp3) is 0.500. The monoisotopic (exact) mass is 254 g/mol. The summed E-state index contributed by atoms with van der Waals surface area (Å²) in [5.74, 6) is 0.841. The number of hydrogen-bond acceptors (Lipinski definition) is 2. The highest BCUT2D eigenvalue weighted by atomic mass is 35.5. The third-order valence-electron chi connectivity index (χ3n) is 2.26. The molecule has 0 fully saturated rings. The van der Waals surface area contributed by atoms with Crippen molar-refractivity contribution in [2.24, 2.45) is 4.99 Å². The largest absolute Gasteiger partial charge is 0.356 e. The molecule has 1 aromatic rings. The van der Waals surface area contributed by atoms with Crippen molar-refractivity contribution in [2.45, 2.75) is 19.8 Å². The highest BCUT2D eigenvalue weighted by Gasteiger charge is 1.97. The molecule has 0 amide bonds. The summed E-state index contributed by atoms with van der Waals surface area (Å²) in [6.07, 6.45) is 3.78. The van der Waals surface area contributed by atoms with Crippen LogP contribution in [0.5, 0.6) is 0 Å². The first-order chi connectivity index (χ1) is 8.26. The molecule has 0 atom stereocenters. The first-order valence-corrected chi connectivity index (χ1v) is 6.19. The van der Waals surface area contributed by atoms with Gasteiger partial charge in [-0.2, -0.15) is 0 Å². The van der Waals surface area contributed by atoms with Crippen LogP contribution in [-0.4, -0.2) is 31.1 Å².